The highest BCUT2D eigenvalue weighted by molar-refractivity contribution is 7.80. The first-order chi connectivity index (χ1) is 4.20. The number of pyridine rings is 1. The predicted octanol–water partition coefficient (Wildman–Crippen LogP) is 1.14. The fraction of sp³-hybridized carbons (Fsp3) is 0. The Kier molecular flexibility index (Phi) is 1.83. The van der Waals surface area contributed by atoms with Crippen LogP contribution in [0.4, 0.5) is 0 Å². The van der Waals surface area contributed by atoms with Crippen molar-refractivity contribution in [2.75, 3.05) is 0 Å². The second kappa shape index (κ2) is 2.45. The average Bonchev–Trinajstić information content (AvgIpc) is 1.80. The molecule has 0 saturated heterocycles. The van der Waals surface area contributed by atoms with E-state index in [2.05, 4.69) is 12.6 Å². The fourth-order valence-corrected chi connectivity index (χ4v) is 0.751. The molecule has 0 aliphatic carbocycles. The standard InChI is InChI=1S/C5H4ClNOS/c6-7-2-1-4(8)3-5(7)9/h1-3,9H. The van der Waals surface area contributed by atoms with Gasteiger partial charge in [-0.15, -0.1) is 12.6 Å². The van der Waals surface area contributed by atoms with Crippen LogP contribution in [-0.4, -0.2) is 4.09 Å². The molecular formula is C5H4ClNOS. The van der Waals surface area contributed by atoms with Gasteiger partial charge in [0.1, 0.15) is 0 Å². The van der Waals surface area contributed by atoms with Gasteiger partial charge in [0.15, 0.2) is 5.43 Å². The van der Waals surface area contributed by atoms with Gasteiger partial charge in [0, 0.05) is 30.1 Å². The highest BCUT2D eigenvalue weighted by Gasteiger charge is 1.89. The molecule has 4 heteroatoms. The quantitative estimate of drug-likeness (QED) is 0.567. The molecule has 0 fully saturated rings. The minimum absolute atomic E-state index is 0.0862. The van der Waals surface area contributed by atoms with Crippen molar-refractivity contribution >= 4 is 24.4 Å². The van der Waals surface area contributed by atoms with E-state index in [4.69, 9.17) is 11.8 Å². The normalized spacial score (nSPS) is 9.56. The number of hydrogen-bond donors (Lipinski definition) is 1. The average molecular weight is 162 g/mol. The van der Waals surface area contributed by atoms with Crippen LogP contribution in [0.15, 0.2) is 28.2 Å². The summed E-state index contributed by atoms with van der Waals surface area (Å²) in [5, 5.41) is 0.448. The van der Waals surface area contributed by atoms with Crippen LogP contribution in [-0.2, 0) is 0 Å². The SMILES string of the molecule is O=c1ccn(Cl)c(S)c1. The van der Waals surface area contributed by atoms with Crippen molar-refractivity contribution in [3.63, 3.8) is 0 Å². The van der Waals surface area contributed by atoms with Crippen molar-refractivity contribution < 1.29 is 0 Å². The lowest BCUT2D eigenvalue weighted by atomic mass is 10.5. The Hall–Kier alpha value is -0.410. The maximum absolute atomic E-state index is 10.5. The Morgan fingerprint density at radius 3 is 2.78 bits per heavy atom. The number of hydrogen-bond acceptors (Lipinski definition) is 2. The molecule has 0 saturated carbocycles. The third kappa shape index (κ3) is 1.50. The molecule has 48 valence electrons. The predicted molar refractivity (Wildman–Crippen MR) is 39.2 cm³/mol. The summed E-state index contributed by atoms with van der Waals surface area (Å²) < 4.78 is 1.24. The third-order valence-corrected chi connectivity index (χ3v) is 1.62. The molecule has 0 N–H and O–H groups in total. The minimum Gasteiger partial charge on any atom is -0.290 e. The zero-order valence-electron chi connectivity index (χ0n) is 4.41. The zero-order valence-corrected chi connectivity index (χ0v) is 6.06. The molecule has 1 rings (SSSR count). The molecule has 0 aliphatic rings. The summed E-state index contributed by atoms with van der Waals surface area (Å²) in [5.74, 6) is 0. The van der Waals surface area contributed by atoms with E-state index < -0.39 is 0 Å². The smallest absolute Gasteiger partial charge is 0.182 e. The van der Waals surface area contributed by atoms with Crippen LogP contribution in [0, 0.1) is 0 Å². The molecule has 0 atom stereocenters. The molecule has 0 amide bonds. The second-order valence-electron chi connectivity index (χ2n) is 1.53. The Balaban J connectivity index is 3.34. The lowest BCUT2D eigenvalue weighted by Crippen LogP contribution is -1.99. The largest absolute Gasteiger partial charge is 0.290 e. The maximum Gasteiger partial charge on any atom is 0.182 e. The van der Waals surface area contributed by atoms with Crippen LogP contribution in [0.2, 0.25) is 0 Å². The third-order valence-electron chi connectivity index (χ3n) is 0.860. The number of thiol groups is 1. The van der Waals surface area contributed by atoms with Crippen molar-refractivity contribution in [2.24, 2.45) is 0 Å². The van der Waals surface area contributed by atoms with Crippen LogP contribution in [0.25, 0.3) is 0 Å². The second-order valence-corrected chi connectivity index (χ2v) is 2.35. The van der Waals surface area contributed by atoms with Crippen LogP contribution in [0.3, 0.4) is 0 Å². The van der Waals surface area contributed by atoms with Crippen molar-refractivity contribution in [1.82, 2.24) is 4.09 Å². The fourth-order valence-electron chi connectivity index (χ4n) is 0.452. The summed E-state index contributed by atoms with van der Waals surface area (Å²) in [6.45, 7) is 0. The first-order valence-electron chi connectivity index (χ1n) is 2.28. The van der Waals surface area contributed by atoms with Crippen molar-refractivity contribution in [1.29, 1.82) is 0 Å². The molecule has 1 aromatic rings. The van der Waals surface area contributed by atoms with Crippen molar-refractivity contribution in [3.05, 3.63) is 28.6 Å². The van der Waals surface area contributed by atoms with Gasteiger partial charge in [-0.1, -0.05) is 0 Å². The molecule has 9 heavy (non-hydrogen) atoms. The minimum atomic E-state index is -0.0862. The van der Waals surface area contributed by atoms with Crippen LogP contribution in [0.5, 0.6) is 0 Å². The Labute approximate surface area is 62.6 Å². The van der Waals surface area contributed by atoms with Gasteiger partial charge in [-0.2, -0.15) is 0 Å². The number of halogens is 1. The van der Waals surface area contributed by atoms with E-state index in [1.165, 1.54) is 22.4 Å². The lowest BCUT2D eigenvalue weighted by Gasteiger charge is -1.94. The lowest BCUT2D eigenvalue weighted by molar-refractivity contribution is 1.03. The van der Waals surface area contributed by atoms with Crippen molar-refractivity contribution in [2.45, 2.75) is 5.03 Å². The molecule has 0 spiro atoms. The molecule has 0 unspecified atom stereocenters. The molecule has 0 radical (unpaired) electrons. The summed E-state index contributed by atoms with van der Waals surface area (Å²) in [6, 6.07) is 2.71. The maximum atomic E-state index is 10.5. The van der Waals surface area contributed by atoms with Crippen LogP contribution >= 0.6 is 24.4 Å². The van der Waals surface area contributed by atoms with Crippen LogP contribution in [0.1, 0.15) is 0 Å². The summed E-state index contributed by atoms with van der Waals surface area (Å²) in [5.41, 5.74) is -0.0862. The molecule has 0 aromatic carbocycles. The van der Waals surface area contributed by atoms with E-state index in [-0.39, 0.29) is 5.43 Å². The summed E-state index contributed by atoms with van der Waals surface area (Å²) >= 11 is 9.38. The first kappa shape index (κ1) is 6.71. The molecule has 1 heterocycles. The van der Waals surface area contributed by atoms with E-state index in [1.807, 2.05) is 0 Å². The molecule has 0 aliphatic heterocycles. The van der Waals surface area contributed by atoms with Gasteiger partial charge in [0.25, 0.3) is 0 Å². The molecule has 2 nitrogen and oxygen atoms in total. The monoisotopic (exact) mass is 161 g/mol. The number of rotatable bonds is 0. The number of aromatic nitrogens is 1. The van der Waals surface area contributed by atoms with Crippen molar-refractivity contribution in [3.8, 4) is 0 Å². The summed E-state index contributed by atoms with van der Waals surface area (Å²) in [4.78, 5) is 10.5. The van der Waals surface area contributed by atoms with Gasteiger partial charge in [-0.05, 0) is 0 Å². The summed E-state index contributed by atoms with van der Waals surface area (Å²) in [7, 11) is 0. The van der Waals surface area contributed by atoms with Gasteiger partial charge in [-0.3, -0.25) is 8.88 Å². The highest BCUT2D eigenvalue weighted by Crippen LogP contribution is 2.02. The van der Waals surface area contributed by atoms with E-state index >= 15 is 0 Å². The van der Waals surface area contributed by atoms with E-state index in [9.17, 15) is 4.79 Å². The van der Waals surface area contributed by atoms with Crippen LogP contribution < -0.4 is 5.43 Å². The van der Waals surface area contributed by atoms with Gasteiger partial charge < -0.3 is 0 Å². The van der Waals surface area contributed by atoms with E-state index in [0.29, 0.717) is 5.03 Å². The van der Waals surface area contributed by atoms with Gasteiger partial charge in [0.2, 0.25) is 0 Å². The highest BCUT2D eigenvalue weighted by atomic mass is 35.5. The molecular weight excluding hydrogens is 158 g/mol. The van der Waals surface area contributed by atoms with Gasteiger partial charge in [0.05, 0.1) is 5.03 Å². The topological polar surface area (TPSA) is 22.0 Å². The Morgan fingerprint density at radius 2 is 2.33 bits per heavy atom. The Bertz CT molecular complexity index is 270. The molecule has 0 bridgehead atoms. The molecule has 1 aromatic heterocycles. The van der Waals surface area contributed by atoms with E-state index in [0.717, 1.165) is 0 Å². The summed E-state index contributed by atoms with van der Waals surface area (Å²) in [6.07, 6.45) is 1.45. The van der Waals surface area contributed by atoms with Gasteiger partial charge in [-0.25, -0.2) is 0 Å². The Morgan fingerprint density at radius 1 is 1.67 bits per heavy atom. The van der Waals surface area contributed by atoms with Gasteiger partial charge >= 0.3 is 0 Å². The number of nitrogens with zero attached hydrogens (tertiary/aromatic N) is 1. The zero-order chi connectivity index (χ0) is 6.85. The first-order valence-corrected chi connectivity index (χ1v) is 3.06. The van der Waals surface area contributed by atoms with E-state index in [1.54, 1.807) is 0 Å².